The highest BCUT2D eigenvalue weighted by molar-refractivity contribution is 5.88. The monoisotopic (exact) mass is 128 g/mol. The number of ketones is 1. The van der Waals surface area contributed by atoms with E-state index in [0.717, 1.165) is 6.42 Å². The fourth-order valence-corrected chi connectivity index (χ4v) is 2.01. The van der Waals surface area contributed by atoms with E-state index in [-0.39, 0.29) is 17.6 Å². The van der Waals surface area contributed by atoms with Crippen molar-refractivity contribution in [1.29, 1.82) is 0 Å². The summed E-state index contributed by atoms with van der Waals surface area (Å²) in [6, 6.07) is 0. The predicted molar refractivity (Wildman–Crippen MR) is 30.7 cm³/mol. The minimum atomic E-state index is -1.12. The van der Waals surface area contributed by atoms with Crippen molar-refractivity contribution in [3.8, 4) is 0 Å². The Morgan fingerprint density at radius 3 is 2.67 bits per heavy atom. The van der Waals surface area contributed by atoms with Gasteiger partial charge >= 0.3 is 0 Å². The molecule has 2 heteroatoms. The fourth-order valence-electron chi connectivity index (χ4n) is 2.01. The number of alkyl halides is 1. The van der Waals surface area contributed by atoms with Crippen LogP contribution in [0.4, 0.5) is 4.39 Å². The molecule has 0 aliphatic heterocycles. The van der Waals surface area contributed by atoms with Gasteiger partial charge < -0.3 is 0 Å². The molecule has 0 aromatic heterocycles. The molecule has 9 heavy (non-hydrogen) atoms. The molecule has 0 aromatic rings. The van der Waals surface area contributed by atoms with Gasteiger partial charge in [-0.15, -0.1) is 0 Å². The highest BCUT2D eigenvalue weighted by Gasteiger charge is 2.68. The number of Topliss-reactive ketones (excluding diaryl/α,β-unsaturated/α-hetero) is 1. The average molecular weight is 128 g/mol. The first-order valence-corrected chi connectivity index (χ1v) is 3.35. The lowest BCUT2D eigenvalue weighted by Gasteiger charge is -2.00. The number of hydrogen-bond donors (Lipinski definition) is 0. The molecular weight excluding hydrogens is 119 g/mol. The summed E-state index contributed by atoms with van der Waals surface area (Å²) in [5, 5.41) is 0. The maximum absolute atomic E-state index is 12.9. The van der Waals surface area contributed by atoms with Crippen LogP contribution in [0.3, 0.4) is 0 Å². The third-order valence-corrected chi connectivity index (χ3v) is 2.67. The molecule has 0 aromatic carbocycles. The zero-order valence-corrected chi connectivity index (χ0v) is 5.36. The second kappa shape index (κ2) is 1.20. The van der Waals surface area contributed by atoms with Crippen molar-refractivity contribution >= 4 is 5.78 Å². The molecule has 0 radical (unpaired) electrons. The van der Waals surface area contributed by atoms with E-state index >= 15 is 0 Å². The maximum atomic E-state index is 12.9. The molecule has 2 fully saturated rings. The van der Waals surface area contributed by atoms with Gasteiger partial charge in [0.1, 0.15) is 11.5 Å². The SMILES string of the molecule is C[C@@]1(F)[C@@H]2CCC(=O)[C@@H]21. The molecule has 0 amide bonds. The molecule has 0 bridgehead atoms. The van der Waals surface area contributed by atoms with Crippen molar-refractivity contribution in [1.82, 2.24) is 0 Å². The Hall–Kier alpha value is -0.400. The lowest BCUT2D eigenvalue weighted by atomic mass is 10.1. The zero-order valence-electron chi connectivity index (χ0n) is 5.36. The maximum Gasteiger partial charge on any atom is 0.139 e. The van der Waals surface area contributed by atoms with Gasteiger partial charge in [-0.1, -0.05) is 0 Å². The summed E-state index contributed by atoms with van der Waals surface area (Å²) in [5.74, 6) is 0.0208. The number of hydrogen-bond acceptors (Lipinski definition) is 1. The van der Waals surface area contributed by atoms with Crippen LogP contribution in [-0.2, 0) is 4.79 Å². The van der Waals surface area contributed by atoms with Crippen LogP contribution >= 0.6 is 0 Å². The molecule has 0 saturated heterocycles. The van der Waals surface area contributed by atoms with Crippen molar-refractivity contribution in [2.75, 3.05) is 0 Å². The summed E-state index contributed by atoms with van der Waals surface area (Å²) in [4.78, 5) is 10.8. The Kier molecular flexibility index (Phi) is 0.719. The van der Waals surface area contributed by atoms with E-state index in [1.807, 2.05) is 0 Å². The van der Waals surface area contributed by atoms with Crippen LogP contribution < -0.4 is 0 Å². The predicted octanol–water partition coefficient (Wildman–Crippen LogP) is 1.32. The van der Waals surface area contributed by atoms with Crippen LogP contribution in [-0.4, -0.2) is 11.5 Å². The van der Waals surface area contributed by atoms with Gasteiger partial charge in [0.05, 0.1) is 5.92 Å². The molecule has 1 nitrogen and oxygen atoms in total. The Bertz CT molecular complexity index is 174. The summed E-state index contributed by atoms with van der Waals surface area (Å²) in [6.07, 6.45) is 1.41. The van der Waals surface area contributed by atoms with Gasteiger partial charge in [0, 0.05) is 12.3 Å². The summed E-state index contributed by atoms with van der Waals surface area (Å²) < 4.78 is 12.9. The first kappa shape index (κ1) is 5.39. The van der Waals surface area contributed by atoms with Crippen molar-refractivity contribution in [2.24, 2.45) is 11.8 Å². The largest absolute Gasteiger partial charge is 0.299 e. The van der Waals surface area contributed by atoms with Gasteiger partial charge in [-0.2, -0.15) is 0 Å². The molecule has 0 unspecified atom stereocenters. The number of fused-ring (bicyclic) bond motifs is 1. The quantitative estimate of drug-likeness (QED) is 0.481. The number of halogens is 1. The van der Waals surface area contributed by atoms with E-state index in [1.165, 1.54) is 0 Å². The molecule has 2 rings (SSSR count). The van der Waals surface area contributed by atoms with Crippen molar-refractivity contribution in [3.05, 3.63) is 0 Å². The number of carbonyl (C=O) groups excluding carboxylic acids is 1. The topological polar surface area (TPSA) is 17.1 Å². The standard InChI is InChI=1S/C7H9FO/c1-7(8)4-2-3-5(9)6(4)7/h4,6H,2-3H2,1H3/t4-,6-,7-/m1/s1. The summed E-state index contributed by atoms with van der Waals surface area (Å²) >= 11 is 0. The minimum absolute atomic E-state index is 0.0880. The number of carbonyl (C=O) groups is 1. The van der Waals surface area contributed by atoms with Gasteiger partial charge in [0.2, 0.25) is 0 Å². The van der Waals surface area contributed by atoms with E-state index in [2.05, 4.69) is 0 Å². The van der Waals surface area contributed by atoms with Crippen LogP contribution in [0.25, 0.3) is 0 Å². The first-order valence-electron chi connectivity index (χ1n) is 3.35. The van der Waals surface area contributed by atoms with Gasteiger partial charge in [-0.05, 0) is 13.3 Å². The van der Waals surface area contributed by atoms with Gasteiger partial charge in [-0.3, -0.25) is 4.79 Å². The van der Waals surface area contributed by atoms with Crippen LogP contribution in [0.15, 0.2) is 0 Å². The molecule has 50 valence electrons. The third kappa shape index (κ3) is 0.467. The minimum Gasteiger partial charge on any atom is -0.299 e. The molecule has 3 atom stereocenters. The van der Waals surface area contributed by atoms with Crippen molar-refractivity contribution in [2.45, 2.75) is 25.4 Å². The molecule has 0 spiro atoms. The van der Waals surface area contributed by atoms with E-state index in [4.69, 9.17) is 0 Å². The first-order chi connectivity index (χ1) is 4.14. The van der Waals surface area contributed by atoms with Gasteiger partial charge in [0.15, 0.2) is 0 Å². The Labute approximate surface area is 53.2 Å². The molecule has 0 N–H and O–H groups in total. The molecule has 2 saturated carbocycles. The lowest BCUT2D eigenvalue weighted by Crippen LogP contribution is -2.08. The lowest BCUT2D eigenvalue weighted by molar-refractivity contribution is -0.120. The molecule has 2 aliphatic carbocycles. The molecular formula is C7H9FO. The zero-order chi connectivity index (χ0) is 6.65. The average Bonchev–Trinajstić information content (AvgIpc) is 2.19. The highest BCUT2D eigenvalue weighted by Crippen LogP contribution is 2.60. The Morgan fingerprint density at radius 1 is 1.78 bits per heavy atom. The normalized spacial score (nSPS) is 55.6. The van der Waals surface area contributed by atoms with E-state index in [9.17, 15) is 9.18 Å². The number of rotatable bonds is 0. The van der Waals surface area contributed by atoms with Crippen molar-refractivity contribution in [3.63, 3.8) is 0 Å². The fraction of sp³-hybridized carbons (Fsp3) is 0.857. The highest BCUT2D eigenvalue weighted by atomic mass is 19.1. The molecule has 0 heterocycles. The second-order valence-electron chi connectivity index (χ2n) is 3.24. The van der Waals surface area contributed by atoms with Crippen LogP contribution in [0.2, 0.25) is 0 Å². The van der Waals surface area contributed by atoms with Crippen LogP contribution in [0, 0.1) is 11.8 Å². The Balaban J connectivity index is 2.23. The summed E-state index contributed by atoms with van der Waals surface area (Å²) in [6.45, 7) is 1.54. The Morgan fingerprint density at radius 2 is 2.44 bits per heavy atom. The van der Waals surface area contributed by atoms with E-state index in [1.54, 1.807) is 6.92 Å². The van der Waals surface area contributed by atoms with E-state index < -0.39 is 5.67 Å². The summed E-state index contributed by atoms with van der Waals surface area (Å²) in [5.41, 5.74) is -1.12. The van der Waals surface area contributed by atoms with Crippen molar-refractivity contribution < 1.29 is 9.18 Å². The third-order valence-electron chi connectivity index (χ3n) is 2.67. The van der Waals surface area contributed by atoms with E-state index in [0.29, 0.717) is 6.42 Å². The second-order valence-corrected chi connectivity index (χ2v) is 3.24. The van der Waals surface area contributed by atoms with Gasteiger partial charge in [0.25, 0.3) is 0 Å². The van der Waals surface area contributed by atoms with Gasteiger partial charge in [-0.25, -0.2) is 4.39 Å². The van der Waals surface area contributed by atoms with Crippen LogP contribution in [0.5, 0.6) is 0 Å². The smallest absolute Gasteiger partial charge is 0.139 e. The van der Waals surface area contributed by atoms with Crippen LogP contribution in [0.1, 0.15) is 19.8 Å². The molecule has 2 aliphatic rings. The summed E-state index contributed by atoms with van der Waals surface area (Å²) in [7, 11) is 0.